The first-order valence-electron chi connectivity index (χ1n) is 7.07. The van der Waals surface area contributed by atoms with Crippen LogP contribution in [0, 0.1) is 5.82 Å². The van der Waals surface area contributed by atoms with Gasteiger partial charge in [-0.25, -0.2) is 12.8 Å². The van der Waals surface area contributed by atoms with Gasteiger partial charge in [0.25, 0.3) is 0 Å². The van der Waals surface area contributed by atoms with Gasteiger partial charge in [-0.15, -0.1) is 0 Å². The largest absolute Gasteiger partial charge is 0.416 e. The molecule has 0 fully saturated rings. The van der Waals surface area contributed by atoms with Crippen molar-refractivity contribution in [2.75, 3.05) is 7.05 Å². The van der Waals surface area contributed by atoms with E-state index in [1.165, 1.54) is 0 Å². The molecule has 1 atom stereocenters. The summed E-state index contributed by atoms with van der Waals surface area (Å²) in [5.41, 5.74) is -1.92. The molecule has 2 aromatic rings. The van der Waals surface area contributed by atoms with Gasteiger partial charge in [-0.1, -0.05) is 12.1 Å². The van der Waals surface area contributed by atoms with E-state index in [0.717, 1.165) is 0 Å². The zero-order chi connectivity index (χ0) is 20.6. The molecule has 148 valence electrons. The number of hydrogen-bond acceptors (Lipinski definition) is 3. The fourth-order valence-corrected chi connectivity index (χ4v) is 3.60. The Bertz CT molecular complexity index is 909. The van der Waals surface area contributed by atoms with Crippen LogP contribution in [0.2, 0.25) is 0 Å². The lowest BCUT2D eigenvalue weighted by molar-refractivity contribution is -0.171. The maximum absolute atomic E-state index is 13.5. The maximum Gasteiger partial charge on any atom is 0.416 e. The summed E-state index contributed by atoms with van der Waals surface area (Å²) in [5, 5.41) is 0. The Kier molecular flexibility index (Phi) is 5.53. The van der Waals surface area contributed by atoms with Crippen molar-refractivity contribution in [2.45, 2.75) is 23.3 Å². The molecular formula is C15H11F7N2O2S. The van der Waals surface area contributed by atoms with E-state index >= 15 is 0 Å². The summed E-state index contributed by atoms with van der Waals surface area (Å²) in [7, 11) is -4.25. The number of benzene rings is 1. The molecule has 0 aliphatic carbocycles. The van der Waals surface area contributed by atoms with Gasteiger partial charge in [-0.2, -0.15) is 30.6 Å². The third kappa shape index (κ3) is 4.56. The van der Waals surface area contributed by atoms with Crippen molar-refractivity contribution in [1.82, 2.24) is 9.29 Å². The summed E-state index contributed by atoms with van der Waals surface area (Å²) in [5.74, 6) is -1.08. The first-order valence-corrected chi connectivity index (χ1v) is 8.51. The Morgan fingerprint density at radius 1 is 1.00 bits per heavy atom. The van der Waals surface area contributed by atoms with Gasteiger partial charge in [-0.3, -0.25) is 4.98 Å². The molecule has 0 saturated heterocycles. The van der Waals surface area contributed by atoms with Gasteiger partial charge < -0.3 is 0 Å². The molecule has 0 N–H and O–H groups in total. The van der Waals surface area contributed by atoms with Crippen LogP contribution < -0.4 is 0 Å². The minimum atomic E-state index is -5.15. The van der Waals surface area contributed by atoms with Crippen molar-refractivity contribution in [1.29, 1.82) is 0 Å². The van der Waals surface area contributed by atoms with Gasteiger partial charge >= 0.3 is 12.4 Å². The minimum Gasteiger partial charge on any atom is -0.260 e. The third-order valence-corrected chi connectivity index (χ3v) is 5.37. The van der Waals surface area contributed by atoms with Crippen LogP contribution in [-0.2, 0) is 16.2 Å². The Labute approximate surface area is 149 Å². The Morgan fingerprint density at radius 2 is 1.56 bits per heavy atom. The number of aromatic nitrogens is 1. The average Bonchev–Trinajstić information content (AvgIpc) is 2.53. The molecule has 1 aromatic carbocycles. The minimum absolute atomic E-state index is 0.0912. The van der Waals surface area contributed by atoms with Crippen molar-refractivity contribution in [3.05, 3.63) is 59.7 Å². The molecular weight excluding hydrogens is 405 g/mol. The third-order valence-electron chi connectivity index (χ3n) is 3.58. The molecule has 0 aliphatic heterocycles. The topological polar surface area (TPSA) is 50.3 Å². The van der Waals surface area contributed by atoms with Crippen molar-refractivity contribution < 1.29 is 39.2 Å². The fraction of sp³-hybridized carbons (Fsp3) is 0.267. The molecule has 0 aliphatic rings. The molecule has 0 bridgehead atoms. The molecule has 1 unspecified atom stereocenters. The summed E-state index contributed by atoms with van der Waals surface area (Å²) in [6.07, 6.45) is -8.59. The lowest BCUT2D eigenvalue weighted by atomic mass is 10.0. The molecule has 0 radical (unpaired) electrons. The van der Waals surface area contributed by atoms with Crippen molar-refractivity contribution in [2.24, 2.45) is 0 Å². The number of rotatable bonds is 4. The van der Waals surface area contributed by atoms with E-state index < -0.39 is 50.3 Å². The number of sulfonamides is 1. The summed E-state index contributed by atoms with van der Waals surface area (Å²) in [6, 6.07) is -0.392. The highest BCUT2D eigenvalue weighted by Gasteiger charge is 2.48. The van der Waals surface area contributed by atoms with Crippen LogP contribution in [0.25, 0.3) is 0 Å². The number of alkyl halides is 6. The van der Waals surface area contributed by atoms with Crippen LogP contribution in [0.1, 0.15) is 17.2 Å². The normalized spacial score (nSPS) is 14.4. The molecule has 4 nitrogen and oxygen atoms in total. The predicted molar refractivity (Wildman–Crippen MR) is 79.4 cm³/mol. The Morgan fingerprint density at radius 3 is 2.00 bits per heavy atom. The van der Waals surface area contributed by atoms with Gasteiger partial charge in [-0.05, 0) is 23.8 Å². The second-order valence-electron chi connectivity index (χ2n) is 5.42. The standard InChI is InChI=1S/C15H11F7N2O2S/c1-24(27(25,26)12-6-11(16)7-23-8-12)13(15(20,21)22)9-2-4-10(5-3-9)14(17,18)19/h2-8,13H,1H3. The van der Waals surface area contributed by atoms with Crippen LogP contribution in [0.4, 0.5) is 30.7 Å². The molecule has 2 rings (SSSR count). The first kappa shape index (κ1) is 21.1. The average molecular weight is 416 g/mol. The van der Waals surface area contributed by atoms with Crippen LogP contribution >= 0.6 is 0 Å². The summed E-state index contributed by atoms with van der Waals surface area (Å²) >= 11 is 0. The SMILES string of the molecule is CN(C(c1ccc(C(F)(F)F)cc1)C(F)(F)F)S(=O)(=O)c1cncc(F)c1. The smallest absolute Gasteiger partial charge is 0.260 e. The summed E-state index contributed by atoms with van der Waals surface area (Å²) in [4.78, 5) is 2.45. The maximum atomic E-state index is 13.5. The Balaban J connectivity index is 2.51. The second-order valence-corrected chi connectivity index (χ2v) is 7.42. The highest BCUT2D eigenvalue weighted by molar-refractivity contribution is 7.89. The lowest BCUT2D eigenvalue weighted by Gasteiger charge is -2.29. The van der Waals surface area contributed by atoms with Gasteiger partial charge in [0.05, 0.1) is 11.8 Å². The van der Waals surface area contributed by atoms with Crippen LogP contribution in [0.5, 0.6) is 0 Å². The number of halogens is 7. The van der Waals surface area contributed by atoms with E-state index in [0.29, 0.717) is 49.8 Å². The molecule has 12 heteroatoms. The van der Waals surface area contributed by atoms with Crippen molar-refractivity contribution >= 4 is 10.0 Å². The zero-order valence-electron chi connectivity index (χ0n) is 13.4. The van der Waals surface area contributed by atoms with E-state index in [1.807, 2.05) is 0 Å². The highest BCUT2D eigenvalue weighted by Crippen LogP contribution is 2.40. The van der Waals surface area contributed by atoms with Crippen LogP contribution in [-0.4, -0.2) is 30.9 Å². The Hall–Kier alpha value is -2.21. The first-order chi connectivity index (χ1) is 12.2. The fourth-order valence-electron chi connectivity index (χ4n) is 2.30. The quantitative estimate of drug-likeness (QED) is 0.704. The summed E-state index contributed by atoms with van der Waals surface area (Å²) < 4.78 is 116. The van der Waals surface area contributed by atoms with E-state index in [2.05, 4.69) is 4.98 Å². The second kappa shape index (κ2) is 7.08. The van der Waals surface area contributed by atoms with Crippen molar-refractivity contribution in [3.8, 4) is 0 Å². The monoisotopic (exact) mass is 416 g/mol. The number of pyridine rings is 1. The molecule has 27 heavy (non-hydrogen) atoms. The van der Waals surface area contributed by atoms with Crippen LogP contribution in [0.3, 0.4) is 0 Å². The summed E-state index contributed by atoms with van der Waals surface area (Å²) in [6.45, 7) is 0. The van der Waals surface area contributed by atoms with E-state index in [1.54, 1.807) is 0 Å². The lowest BCUT2D eigenvalue weighted by Crippen LogP contribution is -2.39. The van der Waals surface area contributed by atoms with Gasteiger partial charge in [0.2, 0.25) is 10.0 Å². The predicted octanol–water partition coefficient (Wildman–Crippen LogP) is 4.16. The van der Waals surface area contributed by atoms with E-state index in [4.69, 9.17) is 0 Å². The number of hydrogen-bond donors (Lipinski definition) is 0. The highest BCUT2D eigenvalue weighted by atomic mass is 32.2. The van der Waals surface area contributed by atoms with Crippen molar-refractivity contribution in [3.63, 3.8) is 0 Å². The molecule has 1 aromatic heterocycles. The molecule has 1 heterocycles. The van der Waals surface area contributed by atoms with Gasteiger partial charge in [0.15, 0.2) is 0 Å². The van der Waals surface area contributed by atoms with Gasteiger partial charge in [0.1, 0.15) is 16.8 Å². The number of nitrogens with zero attached hydrogens (tertiary/aromatic N) is 2. The molecule has 0 spiro atoms. The molecule has 0 amide bonds. The van der Waals surface area contributed by atoms with Crippen LogP contribution in [0.15, 0.2) is 47.6 Å². The van der Waals surface area contributed by atoms with Gasteiger partial charge in [0, 0.05) is 13.2 Å². The molecule has 0 saturated carbocycles. The van der Waals surface area contributed by atoms with E-state index in [-0.39, 0.29) is 4.31 Å². The van der Waals surface area contributed by atoms with E-state index in [9.17, 15) is 39.2 Å². The zero-order valence-corrected chi connectivity index (χ0v) is 14.2.